The average Bonchev–Trinajstić information content (AvgIpc) is 3.07. The van der Waals surface area contributed by atoms with E-state index < -0.39 is 0 Å². The molecule has 2 atom stereocenters. The molecule has 1 aliphatic heterocycles. The average molecular weight is 339 g/mol. The van der Waals surface area contributed by atoms with E-state index in [0.29, 0.717) is 11.3 Å². The molecule has 0 radical (unpaired) electrons. The van der Waals surface area contributed by atoms with Gasteiger partial charge in [-0.1, -0.05) is 30.3 Å². The number of Topliss-reactive ketones (excluding diaryl/α,β-unsaturated/α-hetero) is 1. The number of amides is 1. The maximum atomic E-state index is 12.8. The quantitative estimate of drug-likeness (QED) is 0.842. The van der Waals surface area contributed by atoms with Crippen molar-refractivity contribution in [3.8, 4) is 0 Å². The number of aryl methyl sites for hydroxylation is 1. The van der Waals surface area contributed by atoms with Crippen molar-refractivity contribution < 1.29 is 9.59 Å². The molecule has 5 heteroatoms. The van der Waals surface area contributed by atoms with Crippen molar-refractivity contribution in [2.45, 2.75) is 39.3 Å². The zero-order chi connectivity index (χ0) is 18.1. The molecule has 1 saturated heterocycles. The number of hydrogen-bond acceptors (Lipinski definition) is 3. The van der Waals surface area contributed by atoms with Crippen LogP contribution in [0, 0.1) is 13.8 Å². The lowest BCUT2D eigenvalue weighted by atomic mass is 10.00. The molecular weight excluding hydrogens is 314 g/mol. The fourth-order valence-corrected chi connectivity index (χ4v) is 3.98. The summed E-state index contributed by atoms with van der Waals surface area (Å²) in [5.74, 6) is -0.164. The Hall–Kier alpha value is -2.40. The van der Waals surface area contributed by atoms with Gasteiger partial charge in [0.05, 0.1) is 12.1 Å². The van der Waals surface area contributed by atoms with Crippen LogP contribution in [0.3, 0.4) is 0 Å². The van der Waals surface area contributed by atoms with E-state index in [4.69, 9.17) is 0 Å². The summed E-state index contributed by atoms with van der Waals surface area (Å²) >= 11 is 0. The molecule has 0 bridgehead atoms. The molecule has 132 valence electrons. The van der Waals surface area contributed by atoms with E-state index in [1.54, 1.807) is 0 Å². The Kier molecular flexibility index (Phi) is 4.77. The Morgan fingerprint density at radius 2 is 1.88 bits per heavy atom. The minimum absolute atomic E-state index is 0.0203. The summed E-state index contributed by atoms with van der Waals surface area (Å²) in [7, 11) is 2.09. The zero-order valence-electron chi connectivity index (χ0n) is 15.2. The maximum absolute atomic E-state index is 12.8. The van der Waals surface area contributed by atoms with Gasteiger partial charge >= 0.3 is 0 Å². The standard InChI is InChI=1S/C20H25N3O2/c1-12-17(14(3)24)13(2)21-18(12)20(25)22-16-10-11-23(4)19(16)15-8-6-5-7-9-15/h5-9,16,19,21H,10-11H2,1-4H3,(H,22,25)/t16-,19+/m0/s1. The van der Waals surface area contributed by atoms with Gasteiger partial charge in [0.15, 0.2) is 5.78 Å². The number of nitrogens with zero attached hydrogens (tertiary/aromatic N) is 1. The Labute approximate surface area is 148 Å². The Bertz CT molecular complexity index is 795. The van der Waals surface area contributed by atoms with E-state index in [1.165, 1.54) is 12.5 Å². The van der Waals surface area contributed by atoms with Gasteiger partial charge in [0.1, 0.15) is 5.69 Å². The summed E-state index contributed by atoms with van der Waals surface area (Å²) in [6.45, 7) is 6.12. The fourth-order valence-electron chi connectivity index (χ4n) is 3.98. The Morgan fingerprint density at radius 3 is 2.48 bits per heavy atom. The van der Waals surface area contributed by atoms with Crippen LogP contribution in [0.5, 0.6) is 0 Å². The van der Waals surface area contributed by atoms with Gasteiger partial charge in [-0.3, -0.25) is 14.5 Å². The third-order valence-electron chi connectivity index (χ3n) is 5.12. The number of benzene rings is 1. The number of aromatic nitrogens is 1. The largest absolute Gasteiger partial charge is 0.354 e. The second-order valence-corrected chi connectivity index (χ2v) is 6.89. The summed E-state index contributed by atoms with van der Waals surface area (Å²) in [6, 6.07) is 10.5. The number of hydrogen-bond donors (Lipinski definition) is 2. The first-order chi connectivity index (χ1) is 11.9. The fraction of sp³-hybridized carbons (Fsp3) is 0.400. The van der Waals surface area contributed by atoms with Gasteiger partial charge in [-0.05, 0) is 45.4 Å². The van der Waals surface area contributed by atoms with Gasteiger partial charge in [0.2, 0.25) is 0 Å². The number of nitrogens with one attached hydrogen (secondary N) is 2. The van der Waals surface area contributed by atoms with E-state index in [1.807, 2.05) is 32.0 Å². The molecule has 0 spiro atoms. The van der Waals surface area contributed by atoms with Crippen LogP contribution < -0.4 is 5.32 Å². The third-order valence-corrected chi connectivity index (χ3v) is 5.12. The molecule has 1 fully saturated rings. The van der Waals surface area contributed by atoms with Crippen LogP contribution in [0.4, 0.5) is 0 Å². The van der Waals surface area contributed by atoms with Gasteiger partial charge in [-0.2, -0.15) is 0 Å². The Balaban J connectivity index is 1.83. The van der Waals surface area contributed by atoms with Crippen molar-refractivity contribution in [3.63, 3.8) is 0 Å². The first-order valence-corrected chi connectivity index (χ1v) is 8.66. The minimum Gasteiger partial charge on any atom is -0.354 e. The van der Waals surface area contributed by atoms with E-state index in [2.05, 4.69) is 34.4 Å². The molecule has 2 N–H and O–H groups in total. The monoisotopic (exact) mass is 339 g/mol. The molecule has 5 nitrogen and oxygen atoms in total. The van der Waals surface area contributed by atoms with E-state index in [-0.39, 0.29) is 23.8 Å². The summed E-state index contributed by atoms with van der Waals surface area (Å²) in [5.41, 5.74) is 3.79. The molecule has 1 aliphatic rings. The first kappa shape index (κ1) is 17.4. The first-order valence-electron chi connectivity index (χ1n) is 8.66. The number of ketones is 1. The predicted molar refractivity (Wildman–Crippen MR) is 98.0 cm³/mol. The minimum atomic E-state index is -0.144. The van der Waals surface area contributed by atoms with Crippen molar-refractivity contribution in [1.82, 2.24) is 15.2 Å². The van der Waals surface area contributed by atoms with Crippen molar-refractivity contribution in [3.05, 3.63) is 58.4 Å². The van der Waals surface area contributed by atoms with Crippen LogP contribution in [-0.4, -0.2) is 41.2 Å². The number of likely N-dealkylation sites (N-methyl/N-ethyl adjacent to an activating group) is 1. The lowest BCUT2D eigenvalue weighted by Crippen LogP contribution is -2.39. The lowest BCUT2D eigenvalue weighted by Gasteiger charge is -2.26. The number of carbonyl (C=O) groups excluding carboxylic acids is 2. The van der Waals surface area contributed by atoms with Crippen molar-refractivity contribution >= 4 is 11.7 Å². The molecule has 1 amide bonds. The van der Waals surface area contributed by atoms with Crippen LogP contribution in [0.25, 0.3) is 0 Å². The predicted octanol–water partition coefficient (Wildman–Crippen LogP) is 3.01. The SMILES string of the molecule is CC(=O)c1c(C)[nH]c(C(=O)N[C@H]2CCN(C)[C@@H]2c2ccccc2)c1C. The van der Waals surface area contributed by atoms with Gasteiger partial charge in [0, 0.05) is 17.8 Å². The van der Waals surface area contributed by atoms with Gasteiger partial charge in [0.25, 0.3) is 5.91 Å². The van der Waals surface area contributed by atoms with Crippen LogP contribution >= 0.6 is 0 Å². The highest BCUT2D eigenvalue weighted by atomic mass is 16.2. The van der Waals surface area contributed by atoms with E-state index >= 15 is 0 Å². The smallest absolute Gasteiger partial charge is 0.268 e. The molecule has 0 saturated carbocycles. The van der Waals surface area contributed by atoms with Crippen LogP contribution in [0.2, 0.25) is 0 Å². The molecule has 2 aromatic rings. The highest BCUT2D eigenvalue weighted by Gasteiger charge is 2.34. The molecule has 1 aromatic heterocycles. The number of carbonyl (C=O) groups is 2. The van der Waals surface area contributed by atoms with Crippen LogP contribution in [-0.2, 0) is 0 Å². The molecule has 2 heterocycles. The molecule has 3 rings (SSSR count). The lowest BCUT2D eigenvalue weighted by molar-refractivity contribution is 0.0922. The molecule has 1 aromatic carbocycles. The molecule has 0 aliphatic carbocycles. The molecular formula is C20H25N3O2. The topological polar surface area (TPSA) is 65.2 Å². The van der Waals surface area contributed by atoms with E-state index in [9.17, 15) is 9.59 Å². The third kappa shape index (κ3) is 3.24. The molecule has 25 heavy (non-hydrogen) atoms. The van der Waals surface area contributed by atoms with Crippen molar-refractivity contribution in [1.29, 1.82) is 0 Å². The van der Waals surface area contributed by atoms with Gasteiger partial charge < -0.3 is 10.3 Å². The van der Waals surface area contributed by atoms with Crippen LogP contribution in [0.1, 0.15) is 57.1 Å². The van der Waals surface area contributed by atoms with E-state index in [0.717, 1.165) is 24.2 Å². The second-order valence-electron chi connectivity index (χ2n) is 6.89. The zero-order valence-corrected chi connectivity index (χ0v) is 15.2. The molecule has 0 unspecified atom stereocenters. The van der Waals surface area contributed by atoms with Crippen molar-refractivity contribution in [2.75, 3.05) is 13.6 Å². The number of rotatable bonds is 4. The highest BCUT2D eigenvalue weighted by Crippen LogP contribution is 2.31. The van der Waals surface area contributed by atoms with Crippen molar-refractivity contribution in [2.24, 2.45) is 0 Å². The maximum Gasteiger partial charge on any atom is 0.268 e. The van der Waals surface area contributed by atoms with Crippen LogP contribution in [0.15, 0.2) is 30.3 Å². The Morgan fingerprint density at radius 1 is 1.20 bits per heavy atom. The summed E-state index contributed by atoms with van der Waals surface area (Å²) in [5, 5.41) is 3.17. The summed E-state index contributed by atoms with van der Waals surface area (Å²) in [4.78, 5) is 30.0. The number of H-pyrrole nitrogens is 1. The normalized spacial score (nSPS) is 20.6. The summed E-state index contributed by atoms with van der Waals surface area (Å²) < 4.78 is 0. The van der Waals surface area contributed by atoms with Gasteiger partial charge in [-0.15, -0.1) is 0 Å². The number of likely N-dealkylation sites (tertiary alicyclic amines) is 1. The second kappa shape index (κ2) is 6.84. The summed E-state index contributed by atoms with van der Waals surface area (Å²) in [6.07, 6.45) is 0.903. The highest BCUT2D eigenvalue weighted by molar-refractivity contribution is 6.02. The van der Waals surface area contributed by atoms with Gasteiger partial charge in [-0.25, -0.2) is 0 Å². The number of aromatic amines is 1.